The number of fused-ring (bicyclic) bond motifs is 1. The lowest BCUT2D eigenvalue weighted by atomic mass is 10.0. The third-order valence-electron chi connectivity index (χ3n) is 4.33. The van der Waals surface area contributed by atoms with Crippen molar-refractivity contribution in [3.05, 3.63) is 75.1 Å². The summed E-state index contributed by atoms with van der Waals surface area (Å²) in [4.78, 5) is 27.7. The topological polar surface area (TPSA) is 95.0 Å². The number of rotatable bonds is 4. The summed E-state index contributed by atoms with van der Waals surface area (Å²) in [5, 5.41) is 12.9. The number of nitrogens with one attached hydrogen (secondary N) is 2. The molecule has 2 N–H and O–H groups in total. The molecule has 0 unspecified atom stereocenters. The molecule has 1 heterocycles. The Hall–Kier alpha value is -3.85. The van der Waals surface area contributed by atoms with E-state index in [1.54, 1.807) is 37.4 Å². The number of anilines is 1. The number of aromatic amines is 1. The van der Waals surface area contributed by atoms with Gasteiger partial charge in [-0.15, -0.1) is 0 Å². The fourth-order valence-corrected chi connectivity index (χ4v) is 2.99. The first-order valence-electron chi connectivity index (χ1n) is 8.62. The molecule has 0 spiro atoms. The highest BCUT2D eigenvalue weighted by Crippen LogP contribution is 2.19. The van der Waals surface area contributed by atoms with Gasteiger partial charge < -0.3 is 15.0 Å². The number of nitriles is 1. The zero-order chi connectivity index (χ0) is 20.3. The number of carbonyl (C=O) groups excluding carboxylic acids is 1. The van der Waals surface area contributed by atoms with E-state index in [1.165, 1.54) is 6.08 Å². The number of nitrogens with zero attached hydrogens (tertiary/aromatic N) is 1. The third-order valence-corrected chi connectivity index (χ3v) is 4.33. The van der Waals surface area contributed by atoms with Crippen molar-refractivity contribution in [2.24, 2.45) is 0 Å². The average Bonchev–Trinajstić information content (AvgIpc) is 2.67. The van der Waals surface area contributed by atoms with Crippen LogP contribution in [0.15, 0.2) is 52.8 Å². The van der Waals surface area contributed by atoms with Gasteiger partial charge in [-0.3, -0.25) is 9.59 Å². The molecule has 0 radical (unpaired) electrons. The Kier molecular flexibility index (Phi) is 5.28. The van der Waals surface area contributed by atoms with Crippen molar-refractivity contribution in [1.82, 2.24) is 4.98 Å². The number of benzene rings is 2. The molecule has 140 valence electrons. The number of H-pyrrole nitrogens is 1. The van der Waals surface area contributed by atoms with Crippen molar-refractivity contribution in [1.29, 1.82) is 5.26 Å². The maximum atomic E-state index is 12.4. The minimum atomic E-state index is -0.590. The van der Waals surface area contributed by atoms with Crippen LogP contribution in [0.1, 0.15) is 16.7 Å². The molecule has 0 bridgehead atoms. The molecule has 1 amide bonds. The fraction of sp³-hybridized carbons (Fsp3) is 0.136. The maximum Gasteiger partial charge on any atom is 0.266 e. The Bertz CT molecular complexity index is 1180. The van der Waals surface area contributed by atoms with E-state index >= 15 is 0 Å². The molecule has 0 aliphatic heterocycles. The second-order valence-corrected chi connectivity index (χ2v) is 6.45. The van der Waals surface area contributed by atoms with Gasteiger partial charge in [0.1, 0.15) is 17.4 Å². The van der Waals surface area contributed by atoms with Crippen molar-refractivity contribution in [2.75, 3.05) is 12.4 Å². The number of hydrogen-bond donors (Lipinski definition) is 2. The number of ether oxygens (including phenoxy) is 1. The lowest BCUT2D eigenvalue weighted by Gasteiger charge is -2.07. The molecule has 0 saturated heterocycles. The van der Waals surface area contributed by atoms with Crippen molar-refractivity contribution in [2.45, 2.75) is 13.8 Å². The summed E-state index contributed by atoms with van der Waals surface area (Å²) in [6.07, 6.45) is 1.30. The van der Waals surface area contributed by atoms with Crippen LogP contribution in [-0.4, -0.2) is 18.0 Å². The first-order valence-corrected chi connectivity index (χ1v) is 8.62. The zero-order valence-corrected chi connectivity index (χ0v) is 15.8. The van der Waals surface area contributed by atoms with Crippen molar-refractivity contribution < 1.29 is 9.53 Å². The molecule has 0 fully saturated rings. The molecule has 2 aromatic carbocycles. The SMILES string of the molecule is COc1ccc(NC(=O)/C(C#N)=C/c2cc3cc(C)cc(C)c3[nH]c2=O)cc1. The number of aromatic nitrogens is 1. The van der Waals surface area contributed by atoms with Gasteiger partial charge in [-0.05, 0) is 67.3 Å². The van der Waals surface area contributed by atoms with Crippen LogP contribution in [-0.2, 0) is 4.79 Å². The highest BCUT2D eigenvalue weighted by Gasteiger charge is 2.12. The first kappa shape index (κ1) is 18.9. The second-order valence-electron chi connectivity index (χ2n) is 6.45. The van der Waals surface area contributed by atoms with Gasteiger partial charge in [0.25, 0.3) is 11.5 Å². The molecule has 6 heteroatoms. The molecule has 3 aromatic rings. The lowest BCUT2D eigenvalue weighted by Crippen LogP contribution is -2.15. The fourth-order valence-electron chi connectivity index (χ4n) is 2.99. The van der Waals surface area contributed by atoms with Crippen LogP contribution in [0.2, 0.25) is 0 Å². The van der Waals surface area contributed by atoms with Crippen LogP contribution < -0.4 is 15.6 Å². The molecule has 0 atom stereocenters. The van der Waals surface area contributed by atoms with E-state index in [1.807, 2.05) is 32.0 Å². The van der Waals surface area contributed by atoms with Crippen LogP contribution in [0.3, 0.4) is 0 Å². The minimum absolute atomic E-state index is 0.162. The van der Waals surface area contributed by atoms with Crippen LogP contribution in [0.25, 0.3) is 17.0 Å². The van der Waals surface area contributed by atoms with Crippen LogP contribution in [0, 0.1) is 25.2 Å². The Balaban J connectivity index is 1.95. The summed E-state index contributed by atoms with van der Waals surface area (Å²) in [7, 11) is 1.55. The predicted molar refractivity (Wildman–Crippen MR) is 109 cm³/mol. The molecule has 1 aromatic heterocycles. The molecular weight excluding hydrogens is 354 g/mol. The van der Waals surface area contributed by atoms with Crippen LogP contribution in [0.4, 0.5) is 5.69 Å². The predicted octanol–water partition coefficient (Wildman–Crippen LogP) is 3.70. The number of aryl methyl sites for hydroxylation is 2. The molecule has 6 nitrogen and oxygen atoms in total. The quantitative estimate of drug-likeness (QED) is 0.538. The van der Waals surface area contributed by atoms with Crippen molar-refractivity contribution in [3.63, 3.8) is 0 Å². The number of pyridine rings is 1. The standard InChI is InChI=1S/C22H19N3O3/c1-13-8-14(2)20-15(9-13)10-16(21(26)25-20)11-17(12-23)22(27)24-18-4-6-19(28-3)7-5-18/h4-11H,1-3H3,(H,24,27)(H,25,26)/b17-11+. The summed E-state index contributed by atoms with van der Waals surface area (Å²) in [6, 6.07) is 14.2. The van der Waals surface area contributed by atoms with E-state index in [0.717, 1.165) is 22.0 Å². The third kappa shape index (κ3) is 3.94. The van der Waals surface area contributed by atoms with Gasteiger partial charge in [0.2, 0.25) is 0 Å². The Labute approximate surface area is 162 Å². The molecule has 28 heavy (non-hydrogen) atoms. The van der Waals surface area contributed by atoms with Gasteiger partial charge in [0, 0.05) is 11.3 Å². The summed E-state index contributed by atoms with van der Waals surface area (Å²) in [6.45, 7) is 3.89. The van der Waals surface area contributed by atoms with Gasteiger partial charge >= 0.3 is 0 Å². The van der Waals surface area contributed by atoms with Crippen LogP contribution in [0.5, 0.6) is 5.75 Å². The highest BCUT2D eigenvalue weighted by atomic mass is 16.5. The Morgan fingerprint density at radius 3 is 2.54 bits per heavy atom. The lowest BCUT2D eigenvalue weighted by molar-refractivity contribution is -0.112. The summed E-state index contributed by atoms with van der Waals surface area (Å²) in [5.41, 5.74) is 3.01. The maximum absolute atomic E-state index is 12.4. The minimum Gasteiger partial charge on any atom is -0.497 e. The van der Waals surface area contributed by atoms with E-state index in [0.29, 0.717) is 11.4 Å². The van der Waals surface area contributed by atoms with E-state index in [-0.39, 0.29) is 16.7 Å². The van der Waals surface area contributed by atoms with Gasteiger partial charge in [-0.2, -0.15) is 5.26 Å². The van der Waals surface area contributed by atoms with E-state index in [9.17, 15) is 14.9 Å². The highest BCUT2D eigenvalue weighted by molar-refractivity contribution is 6.09. The van der Waals surface area contributed by atoms with Gasteiger partial charge in [-0.25, -0.2) is 0 Å². The monoisotopic (exact) mass is 373 g/mol. The average molecular weight is 373 g/mol. The Morgan fingerprint density at radius 2 is 1.89 bits per heavy atom. The van der Waals surface area contributed by atoms with E-state index in [4.69, 9.17) is 4.74 Å². The second kappa shape index (κ2) is 7.80. The Morgan fingerprint density at radius 1 is 1.18 bits per heavy atom. The molecule has 0 aliphatic rings. The summed E-state index contributed by atoms with van der Waals surface area (Å²) < 4.78 is 5.07. The molecule has 0 aliphatic carbocycles. The van der Waals surface area contributed by atoms with Crippen molar-refractivity contribution in [3.8, 4) is 11.8 Å². The van der Waals surface area contributed by atoms with Crippen molar-refractivity contribution >= 4 is 28.6 Å². The van der Waals surface area contributed by atoms with E-state index in [2.05, 4.69) is 10.3 Å². The molecule has 0 saturated carbocycles. The van der Waals surface area contributed by atoms with Gasteiger partial charge in [0.05, 0.1) is 12.6 Å². The molecular formula is C22H19N3O3. The number of methoxy groups -OCH3 is 1. The van der Waals surface area contributed by atoms with E-state index < -0.39 is 5.91 Å². The normalized spacial score (nSPS) is 11.1. The zero-order valence-electron chi connectivity index (χ0n) is 15.8. The number of carbonyl (C=O) groups is 1. The number of hydrogen-bond acceptors (Lipinski definition) is 4. The van der Waals surface area contributed by atoms with Gasteiger partial charge in [0.15, 0.2) is 0 Å². The summed E-state index contributed by atoms with van der Waals surface area (Å²) in [5.74, 6) is 0.0647. The van der Waals surface area contributed by atoms with Crippen LogP contribution >= 0.6 is 0 Å². The number of amides is 1. The summed E-state index contributed by atoms with van der Waals surface area (Å²) >= 11 is 0. The molecule has 3 rings (SSSR count). The van der Waals surface area contributed by atoms with Gasteiger partial charge in [-0.1, -0.05) is 11.6 Å². The smallest absolute Gasteiger partial charge is 0.266 e. The largest absolute Gasteiger partial charge is 0.497 e. The first-order chi connectivity index (χ1) is 13.4.